The summed E-state index contributed by atoms with van der Waals surface area (Å²) in [6.45, 7) is 1.96. The second-order valence-corrected chi connectivity index (χ2v) is 5.64. The van der Waals surface area contributed by atoms with Crippen LogP contribution in [0.1, 0.15) is 57.1 Å². The Morgan fingerprint density at radius 3 is 2.50 bits per heavy atom. The number of rotatable bonds is 3. The van der Waals surface area contributed by atoms with Crippen molar-refractivity contribution in [1.29, 1.82) is 0 Å². The lowest BCUT2D eigenvalue weighted by Gasteiger charge is -2.21. The third-order valence-electron chi connectivity index (χ3n) is 3.56. The van der Waals surface area contributed by atoms with Crippen LogP contribution in [0.25, 0.3) is 0 Å². The average Bonchev–Trinajstić information content (AvgIpc) is 2.60. The standard InChI is InChI=1S/C15H22ClNO/c1-11(17)14-10-12(16)8-9-15(14)18-13-6-4-2-3-5-7-13/h8-11,13H,2-7,17H2,1H3/t11-/m1/s1. The lowest BCUT2D eigenvalue weighted by molar-refractivity contribution is 0.181. The maximum Gasteiger partial charge on any atom is 0.124 e. The van der Waals surface area contributed by atoms with Crippen LogP contribution in [0.15, 0.2) is 18.2 Å². The van der Waals surface area contributed by atoms with E-state index in [9.17, 15) is 0 Å². The molecule has 0 spiro atoms. The molecule has 0 saturated heterocycles. The van der Waals surface area contributed by atoms with Crippen LogP contribution in [-0.4, -0.2) is 6.10 Å². The first-order valence-electron chi connectivity index (χ1n) is 6.88. The molecule has 1 fully saturated rings. The van der Waals surface area contributed by atoms with Gasteiger partial charge in [0.25, 0.3) is 0 Å². The van der Waals surface area contributed by atoms with Crippen molar-refractivity contribution < 1.29 is 4.74 Å². The third kappa shape index (κ3) is 3.63. The minimum Gasteiger partial charge on any atom is -0.490 e. The predicted molar refractivity (Wildman–Crippen MR) is 76.2 cm³/mol. The fourth-order valence-corrected chi connectivity index (χ4v) is 2.70. The van der Waals surface area contributed by atoms with Crippen LogP contribution in [0.5, 0.6) is 5.75 Å². The Balaban J connectivity index is 2.12. The Morgan fingerprint density at radius 1 is 1.22 bits per heavy atom. The summed E-state index contributed by atoms with van der Waals surface area (Å²) in [5, 5.41) is 0.718. The van der Waals surface area contributed by atoms with Gasteiger partial charge in [-0.3, -0.25) is 0 Å². The summed E-state index contributed by atoms with van der Waals surface area (Å²) in [4.78, 5) is 0. The zero-order valence-electron chi connectivity index (χ0n) is 11.0. The molecule has 100 valence electrons. The molecule has 0 unspecified atom stereocenters. The summed E-state index contributed by atoms with van der Waals surface area (Å²) < 4.78 is 6.14. The molecule has 1 aliphatic rings. The number of hydrogen-bond acceptors (Lipinski definition) is 2. The van der Waals surface area contributed by atoms with E-state index in [4.69, 9.17) is 22.1 Å². The van der Waals surface area contributed by atoms with Crippen molar-refractivity contribution in [3.8, 4) is 5.75 Å². The van der Waals surface area contributed by atoms with E-state index in [1.807, 2.05) is 25.1 Å². The van der Waals surface area contributed by atoms with Gasteiger partial charge in [-0.1, -0.05) is 24.4 Å². The average molecular weight is 268 g/mol. The van der Waals surface area contributed by atoms with Crippen molar-refractivity contribution in [1.82, 2.24) is 0 Å². The zero-order chi connectivity index (χ0) is 13.0. The molecule has 0 radical (unpaired) electrons. The number of nitrogens with two attached hydrogens (primary N) is 1. The van der Waals surface area contributed by atoms with Crippen LogP contribution in [0.2, 0.25) is 5.02 Å². The van der Waals surface area contributed by atoms with Gasteiger partial charge < -0.3 is 10.5 Å². The van der Waals surface area contributed by atoms with Gasteiger partial charge in [0.1, 0.15) is 5.75 Å². The molecule has 0 aromatic heterocycles. The fraction of sp³-hybridized carbons (Fsp3) is 0.600. The first-order valence-corrected chi connectivity index (χ1v) is 7.26. The Hall–Kier alpha value is -0.730. The van der Waals surface area contributed by atoms with Crippen molar-refractivity contribution >= 4 is 11.6 Å². The van der Waals surface area contributed by atoms with E-state index in [1.54, 1.807) is 0 Å². The Kier molecular flexibility index (Phi) is 4.90. The van der Waals surface area contributed by atoms with E-state index >= 15 is 0 Å². The largest absolute Gasteiger partial charge is 0.490 e. The molecule has 3 heteroatoms. The SMILES string of the molecule is C[C@@H](N)c1cc(Cl)ccc1OC1CCCCCC1. The monoisotopic (exact) mass is 267 g/mol. The van der Waals surface area contributed by atoms with Gasteiger partial charge >= 0.3 is 0 Å². The molecule has 1 aliphatic carbocycles. The van der Waals surface area contributed by atoms with Crippen molar-refractivity contribution in [3.05, 3.63) is 28.8 Å². The van der Waals surface area contributed by atoms with Crippen LogP contribution in [0, 0.1) is 0 Å². The summed E-state index contributed by atoms with van der Waals surface area (Å²) in [6.07, 6.45) is 7.85. The summed E-state index contributed by atoms with van der Waals surface area (Å²) in [5.74, 6) is 0.904. The number of hydrogen-bond donors (Lipinski definition) is 1. The molecule has 0 amide bonds. The second-order valence-electron chi connectivity index (χ2n) is 5.20. The summed E-state index contributed by atoms with van der Waals surface area (Å²) in [6, 6.07) is 5.69. The Bertz CT molecular complexity index is 384. The summed E-state index contributed by atoms with van der Waals surface area (Å²) >= 11 is 6.02. The summed E-state index contributed by atoms with van der Waals surface area (Å²) in [7, 11) is 0. The first-order chi connectivity index (χ1) is 8.66. The zero-order valence-corrected chi connectivity index (χ0v) is 11.7. The van der Waals surface area contributed by atoms with E-state index in [1.165, 1.54) is 25.7 Å². The van der Waals surface area contributed by atoms with Gasteiger partial charge in [-0.05, 0) is 50.8 Å². The minimum atomic E-state index is -0.0514. The maximum atomic E-state index is 6.14. The van der Waals surface area contributed by atoms with Gasteiger partial charge in [0.05, 0.1) is 6.10 Å². The normalized spacial score (nSPS) is 19.3. The molecular formula is C15H22ClNO. The van der Waals surface area contributed by atoms with E-state index < -0.39 is 0 Å². The highest BCUT2D eigenvalue weighted by molar-refractivity contribution is 6.30. The Labute approximate surface area is 114 Å². The van der Waals surface area contributed by atoms with Crippen LogP contribution in [-0.2, 0) is 0 Å². The van der Waals surface area contributed by atoms with Gasteiger partial charge in [-0.25, -0.2) is 0 Å². The molecule has 1 atom stereocenters. The highest BCUT2D eigenvalue weighted by atomic mass is 35.5. The highest BCUT2D eigenvalue weighted by Crippen LogP contribution is 2.30. The van der Waals surface area contributed by atoms with Crippen LogP contribution in [0.3, 0.4) is 0 Å². The number of benzene rings is 1. The number of halogens is 1. The quantitative estimate of drug-likeness (QED) is 0.821. The highest BCUT2D eigenvalue weighted by Gasteiger charge is 2.16. The third-order valence-corrected chi connectivity index (χ3v) is 3.79. The molecule has 1 aromatic carbocycles. The fourth-order valence-electron chi connectivity index (χ4n) is 2.52. The second kappa shape index (κ2) is 6.44. The van der Waals surface area contributed by atoms with E-state index in [-0.39, 0.29) is 6.04 Å². The molecular weight excluding hydrogens is 246 g/mol. The van der Waals surface area contributed by atoms with Crippen LogP contribution in [0.4, 0.5) is 0 Å². The van der Waals surface area contributed by atoms with Gasteiger partial charge in [0.2, 0.25) is 0 Å². The van der Waals surface area contributed by atoms with E-state index in [0.717, 1.165) is 29.2 Å². The van der Waals surface area contributed by atoms with Crippen molar-refractivity contribution in [2.45, 2.75) is 57.6 Å². The van der Waals surface area contributed by atoms with Gasteiger partial charge in [0, 0.05) is 16.6 Å². The molecule has 1 aromatic rings. The van der Waals surface area contributed by atoms with Gasteiger partial charge in [-0.2, -0.15) is 0 Å². The van der Waals surface area contributed by atoms with Gasteiger partial charge in [0.15, 0.2) is 0 Å². The predicted octanol–water partition coefficient (Wildman–Crippen LogP) is 4.46. The number of ether oxygens (including phenoxy) is 1. The van der Waals surface area contributed by atoms with Crippen molar-refractivity contribution in [2.24, 2.45) is 5.73 Å². The molecule has 2 nitrogen and oxygen atoms in total. The maximum absolute atomic E-state index is 6.14. The molecule has 0 bridgehead atoms. The molecule has 2 rings (SSSR count). The van der Waals surface area contributed by atoms with Gasteiger partial charge in [-0.15, -0.1) is 0 Å². The van der Waals surface area contributed by atoms with Crippen molar-refractivity contribution in [2.75, 3.05) is 0 Å². The first kappa shape index (κ1) is 13.7. The lowest BCUT2D eigenvalue weighted by Crippen LogP contribution is -2.17. The molecule has 18 heavy (non-hydrogen) atoms. The Morgan fingerprint density at radius 2 is 1.89 bits per heavy atom. The van der Waals surface area contributed by atoms with Crippen LogP contribution >= 0.6 is 11.6 Å². The lowest BCUT2D eigenvalue weighted by atomic mass is 10.1. The van der Waals surface area contributed by atoms with Crippen molar-refractivity contribution in [3.63, 3.8) is 0 Å². The molecule has 2 N–H and O–H groups in total. The molecule has 0 heterocycles. The van der Waals surface area contributed by atoms with E-state index in [2.05, 4.69) is 0 Å². The molecule has 0 aliphatic heterocycles. The summed E-state index contributed by atoms with van der Waals surface area (Å²) in [5.41, 5.74) is 6.99. The minimum absolute atomic E-state index is 0.0514. The smallest absolute Gasteiger partial charge is 0.124 e. The van der Waals surface area contributed by atoms with Crippen LogP contribution < -0.4 is 10.5 Å². The molecule has 1 saturated carbocycles. The topological polar surface area (TPSA) is 35.2 Å². The van der Waals surface area contributed by atoms with E-state index in [0.29, 0.717) is 6.10 Å².